The van der Waals surface area contributed by atoms with E-state index < -0.39 is 17.4 Å². The van der Waals surface area contributed by atoms with Gasteiger partial charge in [0.2, 0.25) is 0 Å². The van der Waals surface area contributed by atoms with Crippen LogP contribution in [-0.4, -0.2) is 29.0 Å². The second-order valence-electron chi connectivity index (χ2n) is 4.29. The predicted molar refractivity (Wildman–Crippen MR) is 76.4 cm³/mol. The number of nitrogens with one attached hydrogen (secondary N) is 2. The molecule has 1 amide bonds. The maximum atomic E-state index is 11.8. The molecule has 1 aromatic rings. The number of ether oxygens (including phenoxy) is 1. The van der Waals surface area contributed by atoms with Crippen LogP contribution in [0.1, 0.15) is 37.2 Å². The lowest BCUT2D eigenvalue weighted by Crippen LogP contribution is -2.48. The Morgan fingerprint density at radius 2 is 2.15 bits per heavy atom. The maximum Gasteiger partial charge on any atom is 0.355 e. The highest BCUT2D eigenvalue weighted by Crippen LogP contribution is 2.13. The lowest BCUT2D eigenvalue weighted by Gasteiger charge is -2.26. The van der Waals surface area contributed by atoms with Crippen molar-refractivity contribution in [2.24, 2.45) is 0 Å². The molecule has 0 saturated carbocycles. The van der Waals surface area contributed by atoms with Crippen LogP contribution < -0.4 is 5.32 Å². The Morgan fingerprint density at radius 3 is 2.60 bits per heavy atom. The number of terminal acetylenes is 1. The fourth-order valence-corrected chi connectivity index (χ4v) is 1.83. The number of carbonyl (C=O) groups is 2. The summed E-state index contributed by atoms with van der Waals surface area (Å²) >= 11 is 5.67. The summed E-state index contributed by atoms with van der Waals surface area (Å²) in [6.07, 6.45) is 8.10. The van der Waals surface area contributed by atoms with Crippen molar-refractivity contribution in [3.63, 3.8) is 0 Å². The van der Waals surface area contributed by atoms with Gasteiger partial charge in [0.1, 0.15) is 11.2 Å². The van der Waals surface area contributed by atoms with Crippen molar-refractivity contribution < 1.29 is 14.3 Å². The summed E-state index contributed by atoms with van der Waals surface area (Å²) in [7, 11) is 0. The van der Waals surface area contributed by atoms with E-state index in [-0.39, 0.29) is 12.3 Å². The molecule has 108 valence electrons. The lowest BCUT2D eigenvalue weighted by atomic mass is 9.94. The zero-order valence-corrected chi connectivity index (χ0v) is 12.2. The van der Waals surface area contributed by atoms with E-state index in [0.717, 1.165) is 0 Å². The maximum absolute atomic E-state index is 11.8. The summed E-state index contributed by atoms with van der Waals surface area (Å²) in [5, 5.41) is 3.10. The second kappa shape index (κ2) is 7.01. The van der Waals surface area contributed by atoms with Crippen molar-refractivity contribution in [3.05, 3.63) is 23.0 Å². The monoisotopic (exact) mass is 296 g/mol. The summed E-state index contributed by atoms with van der Waals surface area (Å²) in [6.45, 7) is 3.38. The molecule has 0 aromatic carbocycles. The zero-order valence-electron chi connectivity index (χ0n) is 11.5. The molecule has 1 heterocycles. The molecule has 1 aromatic heterocycles. The van der Waals surface area contributed by atoms with Gasteiger partial charge < -0.3 is 15.0 Å². The minimum Gasteiger partial charge on any atom is -0.451 e. The summed E-state index contributed by atoms with van der Waals surface area (Å²) in [6, 6.07) is 1.42. The Morgan fingerprint density at radius 1 is 1.50 bits per heavy atom. The van der Waals surface area contributed by atoms with Crippen molar-refractivity contribution in [1.29, 1.82) is 0 Å². The third-order valence-corrected chi connectivity index (χ3v) is 3.28. The number of hydrogen-bond acceptors (Lipinski definition) is 3. The molecule has 0 unspecified atom stereocenters. The molecule has 0 aliphatic carbocycles. The fraction of sp³-hybridized carbons (Fsp3) is 0.429. The van der Waals surface area contributed by atoms with E-state index in [1.807, 2.05) is 13.8 Å². The van der Waals surface area contributed by atoms with Crippen LogP contribution in [0.3, 0.4) is 0 Å². The lowest BCUT2D eigenvalue weighted by molar-refractivity contribution is -0.125. The third-order valence-electron chi connectivity index (χ3n) is 3.06. The van der Waals surface area contributed by atoms with Gasteiger partial charge in [-0.2, -0.15) is 0 Å². The van der Waals surface area contributed by atoms with E-state index in [1.165, 1.54) is 12.3 Å². The molecular formula is C14H17ClN2O3. The summed E-state index contributed by atoms with van der Waals surface area (Å²) in [5.41, 5.74) is -0.504. The number of hydrogen-bond donors (Lipinski definition) is 2. The Hall–Kier alpha value is -1.93. The van der Waals surface area contributed by atoms with Gasteiger partial charge in [-0.05, 0) is 18.9 Å². The summed E-state index contributed by atoms with van der Waals surface area (Å²) < 4.78 is 4.87. The molecule has 1 rings (SSSR count). The average molecular weight is 297 g/mol. The highest BCUT2D eigenvalue weighted by molar-refractivity contribution is 6.30. The Balaban J connectivity index is 2.52. The van der Waals surface area contributed by atoms with Crippen molar-refractivity contribution in [2.45, 2.75) is 32.2 Å². The largest absolute Gasteiger partial charge is 0.451 e. The molecule has 6 heteroatoms. The third kappa shape index (κ3) is 4.04. The first kappa shape index (κ1) is 16.1. The van der Waals surface area contributed by atoms with E-state index in [2.05, 4.69) is 16.2 Å². The SMILES string of the molecule is C#CC(CC)(CC)NC(=O)COC(=O)c1cc(Cl)c[nH]1. The first-order valence-electron chi connectivity index (χ1n) is 6.26. The van der Waals surface area contributed by atoms with Crippen LogP contribution >= 0.6 is 11.6 Å². The number of rotatable bonds is 6. The van der Waals surface area contributed by atoms with E-state index in [1.54, 1.807) is 0 Å². The highest BCUT2D eigenvalue weighted by Gasteiger charge is 2.25. The van der Waals surface area contributed by atoms with Gasteiger partial charge in [-0.3, -0.25) is 4.79 Å². The van der Waals surface area contributed by atoms with Crippen LogP contribution in [0, 0.1) is 12.3 Å². The van der Waals surface area contributed by atoms with Gasteiger partial charge in [0.15, 0.2) is 6.61 Å². The average Bonchev–Trinajstić information content (AvgIpc) is 2.89. The van der Waals surface area contributed by atoms with E-state index in [0.29, 0.717) is 17.9 Å². The molecule has 0 fully saturated rings. The smallest absolute Gasteiger partial charge is 0.355 e. The van der Waals surface area contributed by atoms with Gasteiger partial charge in [0, 0.05) is 6.20 Å². The quantitative estimate of drug-likeness (QED) is 0.624. The Bertz CT molecular complexity index is 527. The van der Waals surface area contributed by atoms with Crippen LogP contribution in [0.25, 0.3) is 0 Å². The molecule has 0 aliphatic heterocycles. The minimum absolute atomic E-state index is 0.192. The van der Waals surface area contributed by atoms with Crippen LogP contribution in [0.4, 0.5) is 0 Å². The van der Waals surface area contributed by atoms with Crippen molar-refractivity contribution >= 4 is 23.5 Å². The van der Waals surface area contributed by atoms with E-state index in [9.17, 15) is 9.59 Å². The standard InChI is InChI=1S/C14H17ClN2O3/c1-4-14(5-2,6-3)17-12(18)9-20-13(19)11-7-10(15)8-16-11/h1,7-8,16H,5-6,9H2,2-3H3,(H,17,18). The van der Waals surface area contributed by atoms with Gasteiger partial charge in [-0.1, -0.05) is 31.4 Å². The molecule has 0 radical (unpaired) electrons. The van der Waals surface area contributed by atoms with Crippen LogP contribution in [-0.2, 0) is 9.53 Å². The number of esters is 1. The molecule has 0 bridgehead atoms. The summed E-state index contributed by atoms with van der Waals surface area (Å²) in [5.74, 6) is 1.49. The number of H-pyrrole nitrogens is 1. The van der Waals surface area contributed by atoms with Crippen molar-refractivity contribution in [3.8, 4) is 12.3 Å². The zero-order chi connectivity index (χ0) is 15.2. The molecule has 0 atom stereocenters. The predicted octanol–water partition coefficient (Wildman–Crippen LogP) is 2.13. The van der Waals surface area contributed by atoms with E-state index in [4.69, 9.17) is 22.8 Å². The van der Waals surface area contributed by atoms with Gasteiger partial charge >= 0.3 is 5.97 Å². The first-order valence-corrected chi connectivity index (χ1v) is 6.64. The topological polar surface area (TPSA) is 71.2 Å². The molecule has 0 saturated heterocycles. The normalized spacial score (nSPS) is 10.7. The molecule has 20 heavy (non-hydrogen) atoms. The van der Waals surface area contributed by atoms with Crippen molar-refractivity contribution in [1.82, 2.24) is 10.3 Å². The van der Waals surface area contributed by atoms with Gasteiger partial charge in [0.05, 0.1) is 5.02 Å². The number of aromatic nitrogens is 1. The highest BCUT2D eigenvalue weighted by atomic mass is 35.5. The molecule has 0 aliphatic rings. The van der Waals surface area contributed by atoms with Crippen molar-refractivity contribution in [2.75, 3.05) is 6.61 Å². The fourth-order valence-electron chi connectivity index (χ4n) is 1.66. The molecule has 2 N–H and O–H groups in total. The minimum atomic E-state index is -0.695. The second-order valence-corrected chi connectivity index (χ2v) is 4.73. The van der Waals surface area contributed by atoms with Crippen LogP contribution in [0.2, 0.25) is 5.02 Å². The van der Waals surface area contributed by atoms with Gasteiger partial charge in [-0.15, -0.1) is 6.42 Å². The number of aromatic amines is 1. The van der Waals surface area contributed by atoms with E-state index >= 15 is 0 Å². The van der Waals surface area contributed by atoms with Gasteiger partial charge in [0.25, 0.3) is 5.91 Å². The first-order chi connectivity index (χ1) is 9.46. The summed E-state index contributed by atoms with van der Waals surface area (Å²) in [4.78, 5) is 26.0. The molecular weight excluding hydrogens is 280 g/mol. The van der Waals surface area contributed by atoms with Gasteiger partial charge in [-0.25, -0.2) is 4.79 Å². The van der Waals surface area contributed by atoms with Crippen LogP contribution in [0.5, 0.6) is 0 Å². The van der Waals surface area contributed by atoms with Crippen LogP contribution in [0.15, 0.2) is 12.3 Å². The Labute approximate surface area is 123 Å². The number of amides is 1. The molecule has 0 spiro atoms. The number of halogens is 1. The Kier molecular flexibility index (Phi) is 5.66. The molecule has 5 nitrogen and oxygen atoms in total. The number of carbonyl (C=O) groups excluding carboxylic acids is 2.